The first-order valence-corrected chi connectivity index (χ1v) is 6.84. The zero-order valence-corrected chi connectivity index (χ0v) is 12.8. The van der Waals surface area contributed by atoms with Crippen LogP contribution in [0.2, 0.25) is 0 Å². The average Bonchev–Trinajstić information content (AvgIpc) is 2.37. The minimum absolute atomic E-state index is 0.598. The largest absolute Gasteiger partial charge is 0.496 e. The molecular formula is C18H22O2. The van der Waals surface area contributed by atoms with Crippen LogP contribution in [0, 0.1) is 27.7 Å². The summed E-state index contributed by atoms with van der Waals surface area (Å²) in [4.78, 5) is 0. The van der Waals surface area contributed by atoms with Crippen LogP contribution in [-0.4, -0.2) is 12.2 Å². The quantitative estimate of drug-likeness (QED) is 0.913. The number of aliphatic hydroxyl groups is 1. The lowest BCUT2D eigenvalue weighted by Crippen LogP contribution is -2.04. The number of aryl methyl sites for hydroxylation is 4. The van der Waals surface area contributed by atoms with Crippen LogP contribution in [0.3, 0.4) is 0 Å². The highest BCUT2D eigenvalue weighted by atomic mass is 16.5. The molecule has 0 aliphatic heterocycles. The zero-order chi connectivity index (χ0) is 14.9. The highest BCUT2D eigenvalue weighted by molar-refractivity contribution is 5.46. The fraction of sp³-hybridized carbons (Fsp3) is 0.333. The Morgan fingerprint density at radius 3 is 2.00 bits per heavy atom. The predicted molar refractivity (Wildman–Crippen MR) is 82.4 cm³/mol. The Labute approximate surface area is 121 Å². The third-order valence-electron chi connectivity index (χ3n) is 3.72. The Kier molecular flexibility index (Phi) is 4.15. The number of hydrogen-bond acceptors (Lipinski definition) is 2. The summed E-state index contributed by atoms with van der Waals surface area (Å²) >= 11 is 0. The zero-order valence-electron chi connectivity index (χ0n) is 12.8. The molecule has 0 radical (unpaired) electrons. The molecule has 1 N–H and O–H groups in total. The first-order chi connectivity index (χ1) is 9.43. The lowest BCUT2D eigenvalue weighted by Gasteiger charge is -2.18. The van der Waals surface area contributed by atoms with Crippen molar-refractivity contribution >= 4 is 0 Å². The van der Waals surface area contributed by atoms with Crippen molar-refractivity contribution in [2.75, 3.05) is 7.11 Å². The normalized spacial score (nSPS) is 12.3. The number of rotatable bonds is 3. The minimum Gasteiger partial charge on any atom is -0.496 e. The van der Waals surface area contributed by atoms with Crippen molar-refractivity contribution < 1.29 is 9.84 Å². The van der Waals surface area contributed by atoms with Gasteiger partial charge in [-0.1, -0.05) is 23.8 Å². The van der Waals surface area contributed by atoms with Crippen LogP contribution in [0.15, 0.2) is 30.3 Å². The van der Waals surface area contributed by atoms with Crippen molar-refractivity contribution in [3.8, 4) is 5.75 Å². The number of aliphatic hydroxyl groups excluding tert-OH is 1. The van der Waals surface area contributed by atoms with Gasteiger partial charge in [-0.05, 0) is 67.6 Å². The van der Waals surface area contributed by atoms with Crippen molar-refractivity contribution in [2.45, 2.75) is 33.8 Å². The van der Waals surface area contributed by atoms with Crippen LogP contribution in [0.25, 0.3) is 0 Å². The number of methoxy groups -OCH3 is 1. The van der Waals surface area contributed by atoms with Crippen molar-refractivity contribution in [2.24, 2.45) is 0 Å². The molecule has 2 aromatic rings. The SMILES string of the molecule is COc1c(C)cc(C(O)c2ccc(C)cc2C)cc1C. The van der Waals surface area contributed by atoms with Gasteiger partial charge in [0.15, 0.2) is 0 Å². The molecule has 0 amide bonds. The van der Waals surface area contributed by atoms with Gasteiger partial charge in [0.2, 0.25) is 0 Å². The van der Waals surface area contributed by atoms with Crippen LogP contribution in [0.5, 0.6) is 5.75 Å². The molecule has 2 nitrogen and oxygen atoms in total. The van der Waals surface area contributed by atoms with Gasteiger partial charge in [-0.25, -0.2) is 0 Å². The van der Waals surface area contributed by atoms with Crippen LogP contribution in [0.4, 0.5) is 0 Å². The maximum absolute atomic E-state index is 10.6. The summed E-state index contributed by atoms with van der Waals surface area (Å²) in [5.74, 6) is 0.890. The second kappa shape index (κ2) is 5.68. The van der Waals surface area contributed by atoms with Crippen LogP contribution >= 0.6 is 0 Å². The standard InChI is InChI=1S/C18H22O2/c1-11-6-7-16(12(2)8-11)17(19)15-9-13(3)18(20-5)14(4)10-15/h6-10,17,19H,1-5H3. The molecule has 0 heterocycles. The van der Waals surface area contributed by atoms with Gasteiger partial charge in [0, 0.05) is 0 Å². The van der Waals surface area contributed by atoms with Gasteiger partial charge in [-0.15, -0.1) is 0 Å². The van der Waals surface area contributed by atoms with E-state index in [2.05, 4.69) is 13.0 Å². The second-order valence-corrected chi connectivity index (χ2v) is 5.45. The Morgan fingerprint density at radius 1 is 0.900 bits per heavy atom. The third-order valence-corrected chi connectivity index (χ3v) is 3.72. The first-order valence-electron chi connectivity index (χ1n) is 6.84. The minimum atomic E-state index is -0.598. The highest BCUT2D eigenvalue weighted by Gasteiger charge is 2.15. The van der Waals surface area contributed by atoms with Crippen LogP contribution in [0.1, 0.15) is 39.5 Å². The summed E-state index contributed by atoms with van der Waals surface area (Å²) in [7, 11) is 1.68. The predicted octanol–water partition coefficient (Wildman–Crippen LogP) is 4.01. The summed E-state index contributed by atoms with van der Waals surface area (Å²) in [6.45, 7) is 8.10. The summed E-state index contributed by atoms with van der Waals surface area (Å²) in [5, 5.41) is 10.6. The van der Waals surface area contributed by atoms with E-state index in [0.29, 0.717) is 0 Å². The van der Waals surface area contributed by atoms with Crippen LogP contribution in [-0.2, 0) is 0 Å². The van der Waals surface area contributed by atoms with E-state index in [1.807, 2.05) is 45.0 Å². The molecule has 0 aliphatic rings. The number of hydrogen-bond donors (Lipinski definition) is 1. The van der Waals surface area contributed by atoms with Gasteiger partial charge >= 0.3 is 0 Å². The Balaban J connectivity index is 2.45. The van der Waals surface area contributed by atoms with Gasteiger partial charge in [0.25, 0.3) is 0 Å². The molecule has 0 spiro atoms. The van der Waals surface area contributed by atoms with Crippen LogP contribution < -0.4 is 4.74 Å². The molecule has 2 heteroatoms. The van der Waals surface area contributed by atoms with Gasteiger partial charge < -0.3 is 9.84 Å². The molecule has 2 aromatic carbocycles. The molecule has 0 aromatic heterocycles. The fourth-order valence-corrected chi connectivity index (χ4v) is 2.78. The maximum Gasteiger partial charge on any atom is 0.124 e. The summed E-state index contributed by atoms with van der Waals surface area (Å²) in [5.41, 5.74) is 6.29. The van der Waals surface area contributed by atoms with E-state index in [-0.39, 0.29) is 0 Å². The summed E-state index contributed by atoms with van der Waals surface area (Å²) < 4.78 is 5.37. The molecule has 1 unspecified atom stereocenters. The molecule has 0 aliphatic carbocycles. The average molecular weight is 270 g/mol. The van der Waals surface area contributed by atoms with Gasteiger partial charge in [0.05, 0.1) is 7.11 Å². The molecule has 0 fully saturated rings. The van der Waals surface area contributed by atoms with E-state index in [1.54, 1.807) is 7.11 Å². The Bertz CT molecular complexity index is 606. The molecule has 0 saturated carbocycles. The molecule has 106 valence electrons. The lowest BCUT2D eigenvalue weighted by molar-refractivity contribution is 0.219. The maximum atomic E-state index is 10.6. The monoisotopic (exact) mass is 270 g/mol. The van der Waals surface area contributed by atoms with Gasteiger partial charge in [-0.2, -0.15) is 0 Å². The Hall–Kier alpha value is -1.80. The molecule has 20 heavy (non-hydrogen) atoms. The summed E-state index contributed by atoms with van der Waals surface area (Å²) in [6, 6.07) is 10.1. The van der Waals surface area contributed by atoms with E-state index in [9.17, 15) is 5.11 Å². The van der Waals surface area contributed by atoms with E-state index in [1.165, 1.54) is 5.56 Å². The number of benzene rings is 2. The topological polar surface area (TPSA) is 29.5 Å². The number of ether oxygens (including phenoxy) is 1. The highest BCUT2D eigenvalue weighted by Crippen LogP contribution is 2.31. The van der Waals surface area contributed by atoms with E-state index < -0.39 is 6.10 Å². The van der Waals surface area contributed by atoms with E-state index >= 15 is 0 Å². The van der Waals surface area contributed by atoms with Crippen molar-refractivity contribution in [1.29, 1.82) is 0 Å². The molecule has 1 atom stereocenters. The smallest absolute Gasteiger partial charge is 0.124 e. The van der Waals surface area contributed by atoms with E-state index in [0.717, 1.165) is 33.6 Å². The Morgan fingerprint density at radius 2 is 1.50 bits per heavy atom. The molecular weight excluding hydrogens is 248 g/mol. The van der Waals surface area contributed by atoms with Gasteiger partial charge in [-0.3, -0.25) is 0 Å². The van der Waals surface area contributed by atoms with Crippen molar-refractivity contribution in [3.05, 3.63) is 63.7 Å². The molecule has 0 saturated heterocycles. The van der Waals surface area contributed by atoms with Gasteiger partial charge in [0.1, 0.15) is 11.9 Å². The van der Waals surface area contributed by atoms with Crippen molar-refractivity contribution in [1.82, 2.24) is 0 Å². The van der Waals surface area contributed by atoms with Crippen molar-refractivity contribution in [3.63, 3.8) is 0 Å². The fourth-order valence-electron chi connectivity index (χ4n) is 2.78. The van der Waals surface area contributed by atoms with E-state index in [4.69, 9.17) is 4.74 Å². The second-order valence-electron chi connectivity index (χ2n) is 5.45. The molecule has 2 rings (SSSR count). The third kappa shape index (κ3) is 2.70. The lowest BCUT2D eigenvalue weighted by atomic mass is 9.94. The molecule has 0 bridgehead atoms. The summed E-state index contributed by atoms with van der Waals surface area (Å²) in [6.07, 6.45) is -0.598. The first kappa shape index (κ1) is 14.6.